The van der Waals surface area contributed by atoms with Gasteiger partial charge in [0.1, 0.15) is 11.5 Å². The van der Waals surface area contributed by atoms with Gasteiger partial charge in [0.15, 0.2) is 6.61 Å². The van der Waals surface area contributed by atoms with Crippen molar-refractivity contribution in [2.75, 3.05) is 19.9 Å². The Labute approximate surface area is 174 Å². The van der Waals surface area contributed by atoms with Gasteiger partial charge >= 0.3 is 0 Å². The molecule has 0 aliphatic rings. The molecule has 1 amide bonds. The molecule has 0 atom stereocenters. The monoisotopic (exact) mass is 413 g/mol. The topological polar surface area (TPSA) is 77.7 Å². The highest BCUT2D eigenvalue weighted by atomic mass is 32.2. The van der Waals surface area contributed by atoms with Crippen LogP contribution >= 0.6 is 11.8 Å². The van der Waals surface area contributed by atoms with Crippen molar-refractivity contribution >= 4 is 17.7 Å². The van der Waals surface area contributed by atoms with Gasteiger partial charge in [-0.2, -0.15) is 0 Å². The van der Waals surface area contributed by atoms with Gasteiger partial charge in [-0.15, -0.1) is 10.2 Å². The van der Waals surface area contributed by atoms with E-state index in [1.807, 2.05) is 55.5 Å². The van der Waals surface area contributed by atoms with Gasteiger partial charge in [0.2, 0.25) is 5.91 Å². The summed E-state index contributed by atoms with van der Waals surface area (Å²) in [6.07, 6.45) is 0. The van der Waals surface area contributed by atoms with Gasteiger partial charge in [0.05, 0.1) is 12.9 Å². The molecule has 2 aromatic carbocycles. The molecule has 0 aliphatic heterocycles. The lowest BCUT2D eigenvalue weighted by Gasteiger charge is -2.17. The highest BCUT2D eigenvalue weighted by molar-refractivity contribution is 7.99. The number of ether oxygens (including phenoxy) is 2. The zero-order valence-electron chi connectivity index (χ0n) is 16.6. The summed E-state index contributed by atoms with van der Waals surface area (Å²) >= 11 is 1.21. The van der Waals surface area contributed by atoms with E-state index in [2.05, 4.69) is 10.2 Å². The Kier molecular flexibility index (Phi) is 7.13. The Hall–Kier alpha value is -3.00. The van der Waals surface area contributed by atoms with Crippen molar-refractivity contribution in [3.05, 3.63) is 65.5 Å². The normalized spacial score (nSPS) is 10.6. The number of rotatable bonds is 9. The first-order valence-electron chi connectivity index (χ1n) is 9.05. The Morgan fingerprint density at radius 3 is 2.72 bits per heavy atom. The molecule has 0 aliphatic carbocycles. The third-order valence-electron chi connectivity index (χ3n) is 4.10. The number of hydrogen-bond acceptors (Lipinski definition) is 7. The van der Waals surface area contributed by atoms with Crippen molar-refractivity contribution in [1.29, 1.82) is 0 Å². The molecule has 29 heavy (non-hydrogen) atoms. The van der Waals surface area contributed by atoms with Gasteiger partial charge in [0.25, 0.3) is 11.1 Å². The van der Waals surface area contributed by atoms with Crippen LogP contribution in [0.3, 0.4) is 0 Å². The van der Waals surface area contributed by atoms with Crippen molar-refractivity contribution in [2.24, 2.45) is 0 Å². The van der Waals surface area contributed by atoms with E-state index >= 15 is 0 Å². The second-order valence-electron chi connectivity index (χ2n) is 6.46. The van der Waals surface area contributed by atoms with E-state index in [1.165, 1.54) is 11.8 Å². The van der Waals surface area contributed by atoms with Crippen LogP contribution in [0.1, 0.15) is 17.0 Å². The molecule has 8 heteroatoms. The number of hydrogen-bond donors (Lipinski definition) is 0. The average Bonchev–Trinajstić information content (AvgIpc) is 3.18. The molecular weight excluding hydrogens is 390 g/mol. The standard InChI is InChI=1S/C21H23N3O4S/c1-15-6-4-9-18(10-15)27-13-19-22-23-21(28-19)29-14-20(25)24(2)12-16-7-5-8-17(11-16)26-3/h4-11H,12-14H2,1-3H3. The van der Waals surface area contributed by atoms with E-state index in [1.54, 1.807) is 19.1 Å². The molecular formula is C21H23N3O4S. The van der Waals surface area contributed by atoms with Crippen LogP contribution in [0.5, 0.6) is 11.5 Å². The first-order chi connectivity index (χ1) is 14.0. The van der Waals surface area contributed by atoms with Gasteiger partial charge in [0, 0.05) is 13.6 Å². The van der Waals surface area contributed by atoms with Crippen molar-refractivity contribution < 1.29 is 18.7 Å². The summed E-state index contributed by atoms with van der Waals surface area (Å²) in [7, 11) is 3.38. The maximum atomic E-state index is 12.4. The van der Waals surface area contributed by atoms with Crippen LogP contribution in [-0.2, 0) is 17.9 Å². The summed E-state index contributed by atoms with van der Waals surface area (Å²) in [5, 5.41) is 8.27. The maximum absolute atomic E-state index is 12.4. The highest BCUT2D eigenvalue weighted by Crippen LogP contribution is 2.19. The van der Waals surface area contributed by atoms with Crippen molar-refractivity contribution in [2.45, 2.75) is 25.3 Å². The van der Waals surface area contributed by atoms with Crippen LogP contribution in [0.25, 0.3) is 0 Å². The van der Waals surface area contributed by atoms with E-state index in [4.69, 9.17) is 13.9 Å². The van der Waals surface area contributed by atoms with Crippen molar-refractivity contribution in [3.63, 3.8) is 0 Å². The number of aryl methyl sites for hydroxylation is 1. The van der Waals surface area contributed by atoms with Gasteiger partial charge in [-0.3, -0.25) is 4.79 Å². The fraction of sp³-hybridized carbons (Fsp3) is 0.286. The molecule has 0 saturated heterocycles. The number of carbonyl (C=O) groups excluding carboxylic acids is 1. The Morgan fingerprint density at radius 2 is 1.93 bits per heavy atom. The smallest absolute Gasteiger partial charge is 0.277 e. The first kappa shape index (κ1) is 20.7. The van der Waals surface area contributed by atoms with Crippen molar-refractivity contribution in [3.8, 4) is 11.5 Å². The fourth-order valence-corrected chi connectivity index (χ4v) is 3.29. The lowest BCUT2D eigenvalue weighted by Crippen LogP contribution is -2.27. The predicted molar refractivity (Wildman–Crippen MR) is 110 cm³/mol. The van der Waals surface area contributed by atoms with E-state index < -0.39 is 0 Å². The molecule has 0 unspecified atom stereocenters. The number of methoxy groups -OCH3 is 1. The molecule has 7 nitrogen and oxygen atoms in total. The summed E-state index contributed by atoms with van der Waals surface area (Å²) in [5.41, 5.74) is 2.11. The second kappa shape index (κ2) is 9.97. The van der Waals surface area contributed by atoms with Gasteiger partial charge in [-0.05, 0) is 42.3 Å². The SMILES string of the molecule is COc1cccc(CN(C)C(=O)CSc2nnc(COc3cccc(C)c3)o2)c1. The highest BCUT2D eigenvalue weighted by Gasteiger charge is 2.14. The molecule has 0 spiro atoms. The minimum Gasteiger partial charge on any atom is -0.497 e. The summed E-state index contributed by atoms with van der Waals surface area (Å²) < 4.78 is 16.4. The molecule has 1 heterocycles. The third kappa shape index (κ3) is 6.25. The van der Waals surface area contributed by atoms with E-state index in [9.17, 15) is 4.79 Å². The third-order valence-corrected chi connectivity index (χ3v) is 4.90. The lowest BCUT2D eigenvalue weighted by atomic mass is 10.2. The zero-order valence-corrected chi connectivity index (χ0v) is 17.4. The molecule has 152 valence electrons. The predicted octanol–water partition coefficient (Wildman–Crippen LogP) is 3.72. The van der Waals surface area contributed by atoms with E-state index in [-0.39, 0.29) is 18.3 Å². The van der Waals surface area contributed by atoms with Crippen LogP contribution in [0.15, 0.2) is 58.2 Å². The molecule has 3 rings (SSSR count). The van der Waals surface area contributed by atoms with Gasteiger partial charge in [-0.25, -0.2) is 0 Å². The average molecular weight is 413 g/mol. The minimum absolute atomic E-state index is 0.0337. The largest absolute Gasteiger partial charge is 0.497 e. The van der Waals surface area contributed by atoms with Crippen LogP contribution in [0, 0.1) is 6.92 Å². The Bertz CT molecular complexity index is 960. The van der Waals surface area contributed by atoms with Crippen LogP contribution in [0.2, 0.25) is 0 Å². The quantitative estimate of drug-likeness (QED) is 0.495. The Morgan fingerprint density at radius 1 is 1.14 bits per heavy atom. The molecule has 0 saturated carbocycles. The first-order valence-corrected chi connectivity index (χ1v) is 10.0. The fourth-order valence-electron chi connectivity index (χ4n) is 2.57. The van der Waals surface area contributed by atoms with Crippen molar-refractivity contribution in [1.82, 2.24) is 15.1 Å². The number of thioether (sulfide) groups is 1. The minimum atomic E-state index is -0.0337. The maximum Gasteiger partial charge on any atom is 0.277 e. The second-order valence-corrected chi connectivity index (χ2v) is 7.38. The van der Waals surface area contributed by atoms with Crippen LogP contribution < -0.4 is 9.47 Å². The number of aromatic nitrogens is 2. The van der Waals surface area contributed by atoms with Gasteiger partial charge in [-0.1, -0.05) is 36.0 Å². The van der Waals surface area contributed by atoms with Gasteiger partial charge < -0.3 is 18.8 Å². The summed E-state index contributed by atoms with van der Waals surface area (Å²) in [6, 6.07) is 15.4. The molecule has 0 N–H and O–H groups in total. The molecule has 3 aromatic rings. The molecule has 0 fully saturated rings. The van der Waals surface area contributed by atoms with E-state index in [0.717, 1.165) is 22.6 Å². The summed E-state index contributed by atoms with van der Waals surface area (Å²) in [6.45, 7) is 2.67. The molecule has 0 radical (unpaired) electrons. The lowest BCUT2D eigenvalue weighted by molar-refractivity contribution is -0.127. The number of carbonyl (C=O) groups is 1. The number of nitrogens with zero attached hydrogens (tertiary/aromatic N) is 3. The Balaban J connectivity index is 1.46. The molecule has 1 aromatic heterocycles. The van der Waals surface area contributed by atoms with E-state index in [0.29, 0.717) is 17.7 Å². The number of benzene rings is 2. The molecule has 0 bridgehead atoms. The number of amides is 1. The summed E-state index contributed by atoms with van der Waals surface area (Å²) in [4.78, 5) is 14.0. The zero-order chi connectivity index (χ0) is 20.6. The van der Waals surface area contributed by atoms with Crippen LogP contribution in [0.4, 0.5) is 0 Å². The summed E-state index contributed by atoms with van der Waals surface area (Å²) in [5.74, 6) is 2.05. The van der Waals surface area contributed by atoms with Crippen LogP contribution in [-0.4, -0.2) is 40.9 Å².